The minimum atomic E-state index is -0.560. The van der Waals surface area contributed by atoms with Crippen molar-refractivity contribution in [2.75, 3.05) is 25.5 Å². The Morgan fingerprint density at radius 3 is 2.58 bits per heavy atom. The molecular weight excluding hydrogens is 476 g/mol. The highest BCUT2D eigenvalue weighted by Crippen LogP contribution is 2.31. The minimum absolute atomic E-state index is 0.335. The number of aromatic nitrogens is 2. The van der Waals surface area contributed by atoms with Gasteiger partial charge in [0.15, 0.2) is 0 Å². The molecule has 1 saturated heterocycles. The highest BCUT2D eigenvalue weighted by atomic mass is 16.5. The average molecular weight is 519 g/mol. The predicted octanol–water partition coefficient (Wildman–Crippen LogP) is 6.96. The quantitative estimate of drug-likeness (QED) is 0.320. The number of rotatable bonds is 9. The Labute approximate surface area is 226 Å². The molecule has 204 valence electrons. The van der Waals surface area contributed by atoms with Crippen molar-refractivity contribution >= 4 is 29.0 Å². The van der Waals surface area contributed by atoms with E-state index >= 15 is 0 Å². The number of methoxy groups -OCH3 is 1. The van der Waals surface area contributed by atoms with Crippen LogP contribution in [0.2, 0.25) is 0 Å². The van der Waals surface area contributed by atoms with E-state index in [1.807, 2.05) is 6.07 Å². The first-order valence-electron chi connectivity index (χ1n) is 14.0. The number of carbonyl (C=O) groups is 2. The molecule has 4 rings (SSSR count). The summed E-state index contributed by atoms with van der Waals surface area (Å²) in [7, 11) is 1.32. The number of anilines is 1. The molecule has 1 fully saturated rings. The third-order valence-electron chi connectivity index (χ3n) is 8.15. The summed E-state index contributed by atoms with van der Waals surface area (Å²) in [5.74, 6) is 2.22. The van der Waals surface area contributed by atoms with Crippen LogP contribution in [0.5, 0.6) is 0 Å². The lowest BCUT2D eigenvalue weighted by atomic mass is 9.81. The number of aromatic amines is 1. The summed E-state index contributed by atoms with van der Waals surface area (Å²) < 4.78 is 4.66. The molecule has 2 heterocycles. The van der Waals surface area contributed by atoms with Gasteiger partial charge in [-0.2, -0.15) is 0 Å². The molecule has 7 heteroatoms. The van der Waals surface area contributed by atoms with Gasteiger partial charge >= 0.3 is 6.09 Å². The van der Waals surface area contributed by atoms with Crippen LogP contribution in [0.4, 0.5) is 10.7 Å². The molecule has 2 atom stereocenters. The third-order valence-corrected chi connectivity index (χ3v) is 8.15. The summed E-state index contributed by atoms with van der Waals surface area (Å²) in [6.45, 7) is 10.8. The summed E-state index contributed by atoms with van der Waals surface area (Å²) in [6.07, 6.45) is 5.46. The number of amides is 2. The average Bonchev–Trinajstić information content (AvgIpc) is 3.31. The van der Waals surface area contributed by atoms with E-state index in [4.69, 9.17) is 0 Å². The molecule has 1 aliphatic rings. The fourth-order valence-electron chi connectivity index (χ4n) is 5.55. The zero-order chi connectivity index (χ0) is 27.2. The number of hydrogen-bond donors (Lipinski definition) is 2. The Bertz CT molecular complexity index is 1260. The predicted molar refractivity (Wildman–Crippen MR) is 153 cm³/mol. The standard InChI is InChI=1S/C31H42N4O3/c1-6-7-23(19-29(36)35-14-12-20(2)13-15-35)22(4)16-26-17-24(9-8-21(26)3)25-10-11-27-28(18-25)33-30(32-27)34-31(37)38-5/h8-11,17-18,20,22-23H,6-7,12-16,19H2,1-5H3,(H2,32,33,34,37). The number of aryl methyl sites for hydroxylation is 1. The van der Waals surface area contributed by atoms with Crippen LogP contribution in [0.15, 0.2) is 36.4 Å². The van der Waals surface area contributed by atoms with E-state index in [1.54, 1.807) is 0 Å². The van der Waals surface area contributed by atoms with Gasteiger partial charge in [0.1, 0.15) is 0 Å². The number of ether oxygens (including phenoxy) is 1. The van der Waals surface area contributed by atoms with Crippen LogP contribution in [0.1, 0.15) is 64.0 Å². The van der Waals surface area contributed by atoms with Crippen LogP contribution in [0.3, 0.4) is 0 Å². The van der Waals surface area contributed by atoms with Gasteiger partial charge in [0.25, 0.3) is 0 Å². The molecule has 0 bridgehead atoms. The number of carbonyl (C=O) groups excluding carboxylic acids is 2. The maximum atomic E-state index is 13.1. The van der Waals surface area contributed by atoms with Crippen molar-refractivity contribution in [1.82, 2.24) is 14.9 Å². The highest BCUT2D eigenvalue weighted by Gasteiger charge is 2.26. The molecule has 0 spiro atoms. The Morgan fingerprint density at radius 2 is 1.87 bits per heavy atom. The van der Waals surface area contributed by atoms with Crippen molar-refractivity contribution in [3.8, 4) is 11.1 Å². The van der Waals surface area contributed by atoms with E-state index in [1.165, 1.54) is 18.2 Å². The Kier molecular flexibility index (Phi) is 9.08. The maximum Gasteiger partial charge on any atom is 0.413 e. The molecule has 3 aromatic rings. The summed E-state index contributed by atoms with van der Waals surface area (Å²) in [6, 6.07) is 12.7. The van der Waals surface area contributed by atoms with E-state index in [0.29, 0.717) is 30.1 Å². The van der Waals surface area contributed by atoms with Crippen LogP contribution in [0.25, 0.3) is 22.2 Å². The molecule has 2 amide bonds. The SMILES string of the molecule is CCCC(CC(=O)N1CCC(C)CC1)C(C)Cc1cc(-c2ccc3nc(NC(=O)OC)[nH]c3c2)ccc1C. The zero-order valence-electron chi connectivity index (χ0n) is 23.5. The summed E-state index contributed by atoms with van der Waals surface area (Å²) >= 11 is 0. The Hall–Kier alpha value is -3.35. The second-order valence-electron chi connectivity index (χ2n) is 11.1. The van der Waals surface area contributed by atoms with Crippen LogP contribution < -0.4 is 5.32 Å². The van der Waals surface area contributed by atoms with Gasteiger partial charge in [-0.25, -0.2) is 9.78 Å². The normalized spacial score (nSPS) is 15.9. The first-order chi connectivity index (χ1) is 18.3. The van der Waals surface area contributed by atoms with E-state index in [0.717, 1.165) is 73.3 Å². The number of likely N-dealkylation sites (tertiary alicyclic amines) is 1. The molecule has 2 unspecified atom stereocenters. The first kappa shape index (κ1) is 27.7. The van der Waals surface area contributed by atoms with Gasteiger partial charge in [-0.3, -0.25) is 10.1 Å². The second kappa shape index (κ2) is 12.5. The van der Waals surface area contributed by atoms with Crippen LogP contribution in [-0.2, 0) is 16.0 Å². The van der Waals surface area contributed by atoms with Gasteiger partial charge in [0.05, 0.1) is 18.1 Å². The van der Waals surface area contributed by atoms with E-state index in [-0.39, 0.29) is 0 Å². The van der Waals surface area contributed by atoms with Gasteiger partial charge in [-0.1, -0.05) is 51.5 Å². The molecule has 0 aliphatic carbocycles. The van der Waals surface area contributed by atoms with Crippen molar-refractivity contribution in [1.29, 1.82) is 0 Å². The summed E-state index contributed by atoms with van der Waals surface area (Å²) in [5.41, 5.74) is 6.45. The lowest BCUT2D eigenvalue weighted by Crippen LogP contribution is -2.39. The number of hydrogen-bond acceptors (Lipinski definition) is 4. The van der Waals surface area contributed by atoms with Crippen molar-refractivity contribution in [2.24, 2.45) is 17.8 Å². The highest BCUT2D eigenvalue weighted by molar-refractivity contribution is 5.88. The van der Waals surface area contributed by atoms with Crippen LogP contribution >= 0.6 is 0 Å². The second-order valence-corrected chi connectivity index (χ2v) is 11.1. The van der Waals surface area contributed by atoms with Gasteiger partial charge in [-0.05, 0) is 84.7 Å². The fraction of sp³-hybridized carbons (Fsp3) is 0.516. The third kappa shape index (κ3) is 6.74. The fourth-order valence-corrected chi connectivity index (χ4v) is 5.55. The van der Waals surface area contributed by atoms with E-state index in [9.17, 15) is 9.59 Å². The molecule has 2 aromatic carbocycles. The molecule has 1 aromatic heterocycles. The van der Waals surface area contributed by atoms with Crippen LogP contribution in [-0.4, -0.2) is 47.1 Å². The summed E-state index contributed by atoms with van der Waals surface area (Å²) in [4.78, 5) is 34.3. The molecule has 0 radical (unpaired) electrons. The van der Waals surface area contributed by atoms with E-state index < -0.39 is 6.09 Å². The molecule has 7 nitrogen and oxygen atoms in total. The summed E-state index contributed by atoms with van der Waals surface area (Å²) in [5, 5.41) is 2.58. The van der Waals surface area contributed by atoms with Crippen molar-refractivity contribution in [3.63, 3.8) is 0 Å². The number of piperidine rings is 1. The van der Waals surface area contributed by atoms with Crippen molar-refractivity contribution in [2.45, 2.75) is 66.2 Å². The Morgan fingerprint density at radius 1 is 1.16 bits per heavy atom. The molecular formula is C31H42N4O3. The number of benzene rings is 2. The number of imidazole rings is 1. The molecule has 1 aliphatic heterocycles. The number of nitrogens with one attached hydrogen (secondary N) is 2. The molecule has 0 saturated carbocycles. The molecule has 2 N–H and O–H groups in total. The van der Waals surface area contributed by atoms with E-state index in [2.05, 4.69) is 82.9 Å². The zero-order valence-corrected chi connectivity index (χ0v) is 23.5. The lowest BCUT2D eigenvalue weighted by molar-refractivity contribution is -0.134. The topological polar surface area (TPSA) is 87.3 Å². The maximum absolute atomic E-state index is 13.1. The lowest BCUT2D eigenvalue weighted by Gasteiger charge is -2.32. The largest absolute Gasteiger partial charge is 0.453 e. The monoisotopic (exact) mass is 518 g/mol. The molecule has 38 heavy (non-hydrogen) atoms. The van der Waals surface area contributed by atoms with Gasteiger partial charge in [-0.15, -0.1) is 0 Å². The smallest absolute Gasteiger partial charge is 0.413 e. The number of H-pyrrole nitrogens is 1. The Balaban J connectivity index is 1.48. The van der Waals surface area contributed by atoms with Gasteiger partial charge < -0.3 is 14.6 Å². The number of nitrogens with zero attached hydrogens (tertiary/aromatic N) is 2. The van der Waals surface area contributed by atoms with Crippen LogP contribution in [0, 0.1) is 24.7 Å². The van der Waals surface area contributed by atoms with Crippen molar-refractivity contribution in [3.05, 3.63) is 47.5 Å². The van der Waals surface area contributed by atoms with Gasteiger partial charge in [0, 0.05) is 19.5 Å². The van der Waals surface area contributed by atoms with Crippen molar-refractivity contribution < 1.29 is 14.3 Å². The first-order valence-corrected chi connectivity index (χ1v) is 14.0. The van der Waals surface area contributed by atoms with Gasteiger partial charge in [0.2, 0.25) is 11.9 Å². The minimum Gasteiger partial charge on any atom is -0.453 e. The number of fused-ring (bicyclic) bond motifs is 1.